The van der Waals surface area contributed by atoms with Crippen molar-refractivity contribution in [2.45, 2.75) is 148 Å². The Kier molecular flexibility index (Phi) is 16.2. The third-order valence-electron chi connectivity index (χ3n) is 7.44. The largest absolute Gasteiger partial charge is 0.327 e. The Hall–Kier alpha value is -0.820. The molecule has 0 radical (unpaired) electrons. The molecule has 1 heteroatoms. The molecule has 1 rings (SSSR count). The Bertz CT molecular complexity index is 476. The van der Waals surface area contributed by atoms with Gasteiger partial charge in [-0.3, -0.25) is 0 Å². The highest BCUT2D eigenvalue weighted by Gasteiger charge is 2.34. The molecule has 0 spiro atoms. The third kappa shape index (κ3) is 10.5. The minimum absolute atomic E-state index is 0.150. The zero-order valence-corrected chi connectivity index (χ0v) is 20.8. The Morgan fingerprint density at radius 3 is 1.40 bits per heavy atom. The zero-order valence-electron chi connectivity index (χ0n) is 20.8. The molecule has 0 bridgehead atoms. The molecule has 0 heterocycles. The first kappa shape index (κ1) is 27.2. The molecular formula is C29H53N. The fraction of sp³-hybridized carbons (Fsp3) is 0.793. The monoisotopic (exact) mass is 415 g/mol. The fourth-order valence-corrected chi connectivity index (χ4v) is 5.18. The van der Waals surface area contributed by atoms with Gasteiger partial charge in [-0.1, -0.05) is 147 Å². The highest BCUT2D eigenvalue weighted by Crippen LogP contribution is 2.36. The standard InChI is InChI=1S/C29H53N/c1-4-7-8-9-10-11-12-13-14-15-16-17-18-19-23-26-28(30)29(5-2,6-3)27-24-21-20-22-25-27/h20-22,24-25,28H,4-19,23,26,30H2,1-3H3. The van der Waals surface area contributed by atoms with Crippen LogP contribution in [0.4, 0.5) is 0 Å². The molecule has 2 N–H and O–H groups in total. The van der Waals surface area contributed by atoms with Crippen LogP contribution in [0.15, 0.2) is 30.3 Å². The van der Waals surface area contributed by atoms with E-state index in [1.807, 2.05) is 0 Å². The van der Waals surface area contributed by atoms with Crippen LogP contribution in [0.25, 0.3) is 0 Å². The first-order valence-electron chi connectivity index (χ1n) is 13.5. The van der Waals surface area contributed by atoms with Crippen molar-refractivity contribution in [2.24, 2.45) is 5.73 Å². The van der Waals surface area contributed by atoms with Gasteiger partial charge in [-0.15, -0.1) is 0 Å². The van der Waals surface area contributed by atoms with Crippen molar-refractivity contribution in [1.29, 1.82) is 0 Å². The van der Waals surface area contributed by atoms with E-state index in [-0.39, 0.29) is 11.5 Å². The summed E-state index contributed by atoms with van der Waals surface area (Å²) >= 11 is 0. The van der Waals surface area contributed by atoms with Crippen LogP contribution >= 0.6 is 0 Å². The predicted octanol–water partition coefficient (Wildman–Crippen LogP) is 9.33. The summed E-state index contributed by atoms with van der Waals surface area (Å²) in [6.45, 7) is 6.91. The van der Waals surface area contributed by atoms with Crippen molar-refractivity contribution < 1.29 is 0 Å². The topological polar surface area (TPSA) is 26.0 Å². The van der Waals surface area contributed by atoms with E-state index < -0.39 is 0 Å². The van der Waals surface area contributed by atoms with E-state index in [0.717, 1.165) is 19.3 Å². The maximum Gasteiger partial charge on any atom is 0.0136 e. The lowest BCUT2D eigenvalue weighted by Crippen LogP contribution is -2.44. The van der Waals surface area contributed by atoms with E-state index in [4.69, 9.17) is 5.73 Å². The van der Waals surface area contributed by atoms with Crippen molar-refractivity contribution in [3.63, 3.8) is 0 Å². The van der Waals surface area contributed by atoms with Gasteiger partial charge in [-0.2, -0.15) is 0 Å². The van der Waals surface area contributed by atoms with E-state index in [1.165, 1.54) is 102 Å². The smallest absolute Gasteiger partial charge is 0.0136 e. The van der Waals surface area contributed by atoms with Crippen molar-refractivity contribution in [3.8, 4) is 0 Å². The van der Waals surface area contributed by atoms with E-state index in [0.29, 0.717) is 0 Å². The van der Waals surface area contributed by atoms with Gasteiger partial charge in [-0.25, -0.2) is 0 Å². The zero-order chi connectivity index (χ0) is 21.9. The maximum atomic E-state index is 6.76. The van der Waals surface area contributed by atoms with Crippen molar-refractivity contribution in [3.05, 3.63) is 35.9 Å². The average molecular weight is 416 g/mol. The molecule has 0 aliphatic rings. The second kappa shape index (κ2) is 17.8. The van der Waals surface area contributed by atoms with Crippen LogP contribution in [0.3, 0.4) is 0 Å². The molecular weight excluding hydrogens is 362 g/mol. The average Bonchev–Trinajstić information content (AvgIpc) is 2.78. The highest BCUT2D eigenvalue weighted by atomic mass is 14.7. The van der Waals surface area contributed by atoms with Gasteiger partial charge in [-0.05, 0) is 24.8 Å². The number of hydrogen-bond donors (Lipinski definition) is 1. The summed E-state index contributed by atoms with van der Waals surface area (Å²) in [5.74, 6) is 0. The van der Waals surface area contributed by atoms with Crippen LogP contribution in [-0.4, -0.2) is 6.04 Å². The van der Waals surface area contributed by atoms with Gasteiger partial charge in [0.2, 0.25) is 0 Å². The first-order valence-corrected chi connectivity index (χ1v) is 13.5. The Morgan fingerprint density at radius 1 is 0.600 bits per heavy atom. The van der Waals surface area contributed by atoms with Gasteiger partial charge >= 0.3 is 0 Å². The molecule has 0 aliphatic heterocycles. The second-order valence-electron chi connectivity index (χ2n) is 9.57. The summed E-state index contributed by atoms with van der Waals surface area (Å²) in [5.41, 5.74) is 8.34. The van der Waals surface area contributed by atoms with Gasteiger partial charge in [0.05, 0.1) is 0 Å². The predicted molar refractivity (Wildman–Crippen MR) is 136 cm³/mol. The molecule has 0 fully saturated rings. The lowest BCUT2D eigenvalue weighted by molar-refractivity contribution is 0.297. The Morgan fingerprint density at radius 2 is 1.00 bits per heavy atom. The number of nitrogens with two attached hydrogens (primary N) is 1. The molecule has 1 nitrogen and oxygen atoms in total. The Balaban J connectivity index is 2.04. The molecule has 0 saturated carbocycles. The van der Waals surface area contributed by atoms with Crippen LogP contribution in [0.1, 0.15) is 142 Å². The molecule has 1 atom stereocenters. The molecule has 0 saturated heterocycles. The Labute approximate surface area is 189 Å². The minimum atomic E-state index is 0.150. The van der Waals surface area contributed by atoms with E-state index in [1.54, 1.807) is 0 Å². The number of benzene rings is 1. The van der Waals surface area contributed by atoms with Gasteiger partial charge in [0.15, 0.2) is 0 Å². The molecule has 1 aromatic rings. The van der Waals surface area contributed by atoms with Gasteiger partial charge in [0, 0.05) is 11.5 Å². The van der Waals surface area contributed by atoms with Crippen LogP contribution in [0.5, 0.6) is 0 Å². The van der Waals surface area contributed by atoms with Crippen LogP contribution < -0.4 is 5.73 Å². The fourth-order valence-electron chi connectivity index (χ4n) is 5.18. The summed E-state index contributed by atoms with van der Waals surface area (Å²) in [6, 6.07) is 11.3. The molecule has 1 aromatic carbocycles. The van der Waals surface area contributed by atoms with Gasteiger partial charge < -0.3 is 5.73 Å². The minimum Gasteiger partial charge on any atom is -0.327 e. The van der Waals surface area contributed by atoms with Crippen molar-refractivity contribution in [2.75, 3.05) is 0 Å². The molecule has 1 unspecified atom stereocenters. The summed E-state index contributed by atoms with van der Waals surface area (Å²) in [4.78, 5) is 0. The number of rotatable bonds is 20. The molecule has 0 aliphatic carbocycles. The SMILES string of the molecule is CCCCCCCCCCCCCCCCCC(N)C(CC)(CC)c1ccccc1. The first-order chi connectivity index (χ1) is 14.7. The van der Waals surface area contributed by atoms with Crippen LogP contribution in [0, 0.1) is 0 Å². The number of hydrogen-bond acceptors (Lipinski definition) is 1. The quantitative estimate of drug-likeness (QED) is 0.211. The van der Waals surface area contributed by atoms with Crippen LogP contribution in [-0.2, 0) is 5.41 Å². The van der Waals surface area contributed by atoms with E-state index in [9.17, 15) is 0 Å². The molecule has 30 heavy (non-hydrogen) atoms. The van der Waals surface area contributed by atoms with E-state index in [2.05, 4.69) is 51.1 Å². The summed E-state index contributed by atoms with van der Waals surface area (Å²) in [5, 5.41) is 0. The highest BCUT2D eigenvalue weighted by molar-refractivity contribution is 5.27. The van der Waals surface area contributed by atoms with Crippen LogP contribution in [0.2, 0.25) is 0 Å². The normalized spacial score (nSPS) is 12.9. The lowest BCUT2D eigenvalue weighted by atomic mass is 9.69. The third-order valence-corrected chi connectivity index (χ3v) is 7.44. The lowest BCUT2D eigenvalue weighted by Gasteiger charge is -2.38. The van der Waals surface area contributed by atoms with E-state index >= 15 is 0 Å². The van der Waals surface area contributed by atoms with Gasteiger partial charge in [0.1, 0.15) is 0 Å². The molecule has 0 aromatic heterocycles. The van der Waals surface area contributed by atoms with Gasteiger partial charge in [0.25, 0.3) is 0 Å². The van der Waals surface area contributed by atoms with Crippen molar-refractivity contribution >= 4 is 0 Å². The summed E-state index contributed by atoms with van der Waals surface area (Å²) < 4.78 is 0. The van der Waals surface area contributed by atoms with Crippen molar-refractivity contribution in [1.82, 2.24) is 0 Å². The second-order valence-corrected chi connectivity index (χ2v) is 9.57. The summed E-state index contributed by atoms with van der Waals surface area (Å²) in [6.07, 6.45) is 24.7. The molecule has 0 amide bonds. The summed E-state index contributed by atoms with van der Waals surface area (Å²) in [7, 11) is 0. The maximum absolute atomic E-state index is 6.76. The number of unbranched alkanes of at least 4 members (excludes halogenated alkanes) is 14. The molecule has 174 valence electrons.